The molecule has 128 valence electrons. The molecule has 1 saturated heterocycles. The minimum atomic E-state index is -3.53. The normalized spacial score (nSPS) is 24.2. The third kappa shape index (κ3) is 3.76. The summed E-state index contributed by atoms with van der Waals surface area (Å²) >= 11 is 0. The maximum Gasteiger partial charge on any atom is 0.240 e. The van der Waals surface area contributed by atoms with E-state index in [0.717, 1.165) is 36.8 Å². The summed E-state index contributed by atoms with van der Waals surface area (Å²) in [5.74, 6) is -0.465. The molecule has 0 aromatic heterocycles. The number of nitrogens with one attached hydrogen (secondary N) is 1. The molecule has 1 aromatic carbocycles. The number of sulfonamides is 1. The van der Waals surface area contributed by atoms with E-state index in [9.17, 15) is 8.42 Å². The van der Waals surface area contributed by atoms with Gasteiger partial charge in [-0.25, -0.2) is 13.1 Å². The van der Waals surface area contributed by atoms with Gasteiger partial charge in [0.2, 0.25) is 10.0 Å². The van der Waals surface area contributed by atoms with Crippen molar-refractivity contribution >= 4 is 10.0 Å². The van der Waals surface area contributed by atoms with E-state index in [4.69, 9.17) is 9.47 Å². The Morgan fingerprint density at radius 3 is 2.70 bits per heavy atom. The summed E-state index contributed by atoms with van der Waals surface area (Å²) in [6.07, 6.45) is 5.05. The van der Waals surface area contributed by atoms with E-state index in [1.54, 1.807) is 13.0 Å². The average molecular weight is 339 g/mol. The highest BCUT2D eigenvalue weighted by molar-refractivity contribution is 7.89. The van der Waals surface area contributed by atoms with Crippen LogP contribution in [-0.2, 0) is 19.5 Å². The quantitative estimate of drug-likeness (QED) is 0.916. The molecule has 1 heterocycles. The second kappa shape index (κ2) is 6.51. The Bertz CT molecular complexity index is 665. The van der Waals surface area contributed by atoms with Crippen LogP contribution in [-0.4, -0.2) is 33.5 Å². The summed E-state index contributed by atoms with van der Waals surface area (Å²) in [6.45, 7) is 4.40. The first-order chi connectivity index (χ1) is 10.9. The van der Waals surface area contributed by atoms with Crippen molar-refractivity contribution in [3.63, 3.8) is 0 Å². The highest BCUT2D eigenvalue weighted by Gasteiger charge is 2.42. The van der Waals surface area contributed by atoms with Gasteiger partial charge in [-0.2, -0.15) is 0 Å². The van der Waals surface area contributed by atoms with Crippen LogP contribution >= 0.6 is 0 Å². The molecule has 2 aliphatic rings. The molecular formula is C17H25NO4S. The van der Waals surface area contributed by atoms with E-state index < -0.39 is 15.8 Å². The second-order valence-corrected chi connectivity index (χ2v) is 8.38. The van der Waals surface area contributed by atoms with Gasteiger partial charge in [-0.15, -0.1) is 0 Å². The zero-order valence-corrected chi connectivity index (χ0v) is 14.6. The van der Waals surface area contributed by atoms with Gasteiger partial charge >= 0.3 is 0 Å². The molecule has 0 radical (unpaired) electrons. The van der Waals surface area contributed by atoms with Crippen LogP contribution < -0.4 is 4.72 Å². The fourth-order valence-corrected chi connectivity index (χ4v) is 4.74. The summed E-state index contributed by atoms with van der Waals surface area (Å²) < 4.78 is 39.6. The lowest BCUT2D eigenvalue weighted by Gasteiger charge is -2.31. The van der Waals surface area contributed by atoms with Gasteiger partial charge < -0.3 is 9.47 Å². The second-order valence-electron chi connectivity index (χ2n) is 6.64. The van der Waals surface area contributed by atoms with Crippen molar-refractivity contribution in [2.45, 2.75) is 62.7 Å². The molecule has 1 N–H and O–H groups in total. The first kappa shape index (κ1) is 16.9. The lowest BCUT2D eigenvalue weighted by atomic mass is 9.94. The number of hydrogen-bond acceptors (Lipinski definition) is 4. The number of benzene rings is 1. The van der Waals surface area contributed by atoms with E-state index in [1.165, 1.54) is 6.42 Å². The molecule has 1 spiro atoms. The average Bonchev–Trinajstić information content (AvgIpc) is 2.91. The van der Waals surface area contributed by atoms with Crippen molar-refractivity contribution in [2.24, 2.45) is 0 Å². The highest BCUT2D eigenvalue weighted by atomic mass is 32.2. The first-order valence-electron chi connectivity index (χ1n) is 8.29. The molecule has 1 aromatic rings. The molecule has 5 nitrogen and oxygen atoms in total. The summed E-state index contributed by atoms with van der Waals surface area (Å²) in [5.41, 5.74) is 1.67. The van der Waals surface area contributed by atoms with Gasteiger partial charge in [-0.1, -0.05) is 18.6 Å². The highest BCUT2D eigenvalue weighted by Crippen LogP contribution is 2.37. The van der Waals surface area contributed by atoms with E-state index >= 15 is 0 Å². The van der Waals surface area contributed by atoms with Gasteiger partial charge in [0.15, 0.2) is 5.79 Å². The lowest BCUT2D eigenvalue weighted by Crippen LogP contribution is -2.37. The maximum atomic E-state index is 12.5. The van der Waals surface area contributed by atoms with E-state index in [0.29, 0.717) is 11.5 Å². The summed E-state index contributed by atoms with van der Waals surface area (Å²) in [4.78, 5) is 0.337. The summed E-state index contributed by atoms with van der Waals surface area (Å²) in [5, 5.41) is 0. The van der Waals surface area contributed by atoms with Crippen LogP contribution in [0.15, 0.2) is 23.1 Å². The molecule has 0 bridgehead atoms. The molecule has 2 fully saturated rings. The van der Waals surface area contributed by atoms with Crippen molar-refractivity contribution in [2.75, 3.05) is 13.2 Å². The maximum absolute atomic E-state index is 12.5. The van der Waals surface area contributed by atoms with Gasteiger partial charge in [0.1, 0.15) is 0 Å². The molecule has 6 heteroatoms. The van der Waals surface area contributed by atoms with E-state index in [1.807, 2.05) is 19.1 Å². The predicted molar refractivity (Wildman–Crippen MR) is 87.7 cm³/mol. The Kier molecular flexibility index (Phi) is 4.78. The molecule has 1 saturated carbocycles. The van der Waals surface area contributed by atoms with Gasteiger partial charge in [-0.3, -0.25) is 0 Å². The molecule has 1 aliphatic heterocycles. The molecule has 23 heavy (non-hydrogen) atoms. The minimum absolute atomic E-state index is 0.215. The summed E-state index contributed by atoms with van der Waals surface area (Å²) in [6, 6.07) is 5.44. The standard InChI is InChI=1S/C17H25NO4S/c1-13-6-7-14(2)16(10-13)23(19,20)18-11-15-12-21-17(22-15)8-4-3-5-9-17/h6-7,10,15,18H,3-5,8-9,11-12H2,1-2H3/t15-/m1/s1. The van der Waals surface area contributed by atoms with Gasteiger partial charge in [0, 0.05) is 19.4 Å². The van der Waals surface area contributed by atoms with Crippen LogP contribution in [0.25, 0.3) is 0 Å². The Labute approximate surface area is 138 Å². The molecule has 1 atom stereocenters. The predicted octanol–water partition coefficient (Wildman–Crippen LogP) is 2.66. The van der Waals surface area contributed by atoms with Gasteiger partial charge in [-0.05, 0) is 43.9 Å². The molecule has 0 unspecified atom stereocenters. The van der Waals surface area contributed by atoms with Crippen molar-refractivity contribution in [3.8, 4) is 0 Å². The van der Waals surface area contributed by atoms with Crippen LogP contribution in [0.5, 0.6) is 0 Å². The third-order valence-electron chi connectivity index (χ3n) is 4.66. The topological polar surface area (TPSA) is 64.6 Å². The van der Waals surface area contributed by atoms with Crippen LogP contribution in [0.2, 0.25) is 0 Å². The van der Waals surface area contributed by atoms with Crippen molar-refractivity contribution in [1.29, 1.82) is 0 Å². The van der Waals surface area contributed by atoms with Crippen LogP contribution in [0.1, 0.15) is 43.2 Å². The largest absolute Gasteiger partial charge is 0.347 e. The molecule has 0 amide bonds. The minimum Gasteiger partial charge on any atom is -0.347 e. The number of hydrogen-bond donors (Lipinski definition) is 1. The van der Waals surface area contributed by atoms with Crippen molar-refractivity contribution < 1.29 is 17.9 Å². The zero-order chi connectivity index (χ0) is 16.5. The first-order valence-corrected chi connectivity index (χ1v) is 9.77. The number of rotatable bonds is 4. The number of ether oxygens (including phenoxy) is 2. The fourth-order valence-electron chi connectivity index (χ4n) is 3.35. The van der Waals surface area contributed by atoms with Crippen molar-refractivity contribution in [3.05, 3.63) is 29.3 Å². The molecule has 3 rings (SSSR count). The Morgan fingerprint density at radius 2 is 1.96 bits per heavy atom. The third-order valence-corrected chi connectivity index (χ3v) is 6.23. The number of aryl methyl sites for hydroxylation is 2. The van der Waals surface area contributed by atoms with E-state index in [2.05, 4.69) is 4.72 Å². The van der Waals surface area contributed by atoms with Crippen LogP contribution in [0.4, 0.5) is 0 Å². The zero-order valence-electron chi connectivity index (χ0n) is 13.8. The lowest BCUT2D eigenvalue weighted by molar-refractivity contribution is -0.186. The fraction of sp³-hybridized carbons (Fsp3) is 0.647. The molecular weight excluding hydrogens is 314 g/mol. The van der Waals surface area contributed by atoms with Gasteiger partial charge in [0.25, 0.3) is 0 Å². The van der Waals surface area contributed by atoms with Crippen LogP contribution in [0.3, 0.4) is 0 Å². The SMILES string of the molecule is Cc1ccc(C)c(S(=O)(=O)NC[C@@H]2COC3(CCCCC3)O2)c1. The monoisotopic (exact) mass is 339 g/mol. The summed E-state index contributed by atoms with van der Waals surface area (Å²) in [7, 11) is -3.53. The Morgan fingerprint density at radius 1 is 1.22 bits per heavy atom. The smallest absolute Gasteiger partial charge is 0.240 e. The molecule has 1 aliphatic carbocycles. The van der Waals surface area contributed by atoms with E-state index in [-0.39, 0.29) is 12.6 Å². The van der Waals surface area contributed by atoms with Gasteiger partial charge in [0.05, 0.1) is 17.6 Å². The Balaban J connectivity index is 1.63. The van der Waals surface area contributed by atoms with Crippen LogP contribution in [0, 0.1) is 13.8 Å². The van der Waals surface area contributed by atoms with Crippen molar-refractivity contribution in [1.82, 2.24) is 4.72 Å². The Hall–Kier alpha value is -0.950.